The van der Waals surface area contributed by atoms with E-state index in [0.717, 1.165) is 43.1 Å². The number of hydrogen-bond acceptors (Lipinski definition) is 5. The van der Waals surface area contributed by atoms with Crippen LogP contribution < -0.4 is 9.47 Å². The fraction of sp³-hybridized carbons (Fsp3) is 0.348. The van der Waals surface area contributed by atoms with Crippen LogP contribution in [0.5, 0.6) is 11.5 Å². The minimum Gasteiger partial charge on any atom is -0.494 e. The molecule has 1 fully saturated rings. The van der Waals surface area contributed by atoms with Crippen LogP contribution in [0.15, 0.2) is 46.9 Å². The van der Waals surface area contributed by atoms with E-state index in [-0.39, 0.29) is 11.9 Å². The molecule has 3 aromatic rings. The number of benzene rings is 2. The van der Waals surface area contributed by atoms with E-state index in [1.807, 2.05) is 31.2 Å². The van der Waals surface area contributed by atoms with Gasteiger partial charge in [-0.3, -0.25) is 4.90 Å². The molecule has 2 heterocycles. The van der Waals surface area contributed by atoms with Crippen molar-refractivity contribution in [3.05, 3.63) is 64.8 Å². The van der Waals surface area contributed by atoms with Crippen LogP contribution in [-0.2, 0) is 6.54 Å². The van der Waals surface area contributed by atoms with Crippen LogP contribution in [0, 0.1) is 12.7 Å². The van der Waals surface area contributed by atoms with E-state index in [1.165, 1.54) is 13.2 Å². The average molecular weight is 431 g/mol. The second-order valence-electron chi connectivity index (χ2n) is 7.42. The Labute approximate surface area is 180 Å². The first-order valence-electron chi connectivity index (χ1n) is 9.96. The van der Waals surface area contributed by atoms with Crippen LogP contribution in [0.1, 0.15) is 24.3 Å². The van der Waals surface area contributed by atoms with Crippen molar-refractivity contribution in [3.8, 4) is 23.0 Å². The Morgan fingerprint density at radius 3 is 2.60 bits per heavy atom. The number of methoxy groups -OCH3 is 1. The molecule has 0 saturated carbocycles. The summed E-state index contributed by atoms with van der Waals surface area (Å²) < 4.78 is 30.6. The monoisotopic (exact) mass is 430 g/mol. The van der Waals surface area contributed by atoms with Gasteiger partial charge in [-0.1, -0.05) is 11.6 Å². The third-order valence-corrected chi connectivity index (χ3v) is 5.57. The summed E-state index contributed by atoms with van der Waals surface area (Å²) in [6, 6.07) is 12.1. The highest BCUT2D eigenvalue weighted by Crippen LogP contribution is 2.28. The van der Waals surface area contributed by atoms with Crippen molar-refractivity contribution in [2.75, 3.05) is 20.2 Å². The smallest absolute Gasteiger partial charge is 0.226 e. The predicted molar refractivity (Wildman–Crippen MR) is 114 cm³/mol. The molecule has 0 aliphatic carbocycles. The zero-order valence-electron chi connectivity index (χ0n) is 17.0. The van der Waals surface area contributed by atoms with Gasteiger partial charge in [0.2, 0.25) is 5.89 Å². The van der Waals surface area contributed by atoms with E-state index in [9.17, 15) is 4.39 Å². The molecule has 0 N–H and O–H groups in total. The van der Waals surface area contributed by atoms with Crippen molar-refractivity contribution in [2.45, 2.75) is 32.4 Å². The quantitative estimate of drug-likeness (QED) is 0.517. The first-order valence-corrected chi connectivity index (χ1v) is 10.3. The summed E-state index contributed by atoms with van der Waals surface area (Å²) in [5.74, 6) is 1.86. The SMILES string of the molecule is COc1cc(-c2nc(CN3CCC(Oc4ccc(Cl)cc4)CC3)c(C)o2)ccc1F. The maximum atomic E-state index is 13.7. The van der Waals surface area contributed by atoms with Gasteiger partial charge in [0.25, 0.3) is 0 Å². The number of likely N-dealkylation sites (tertiary alicyclic amines) is 1. The Bertz CT molecular complexity index is 998. The minimum atomic E-state index is -0.409. The van der Waals surface area contributed by atoms with Gasteiger partial charge in [0.15, 0.2) is 11.6 Å². The maximum Gasteiger partial charge on any atom is 0.226 e. The van der Waals surface area contributed by atoms with Crippen LogP contribution in [0.2, 0.25) is 5.02 Å². The third kappa shape index (κ3) is 4.77. The second-order valence-corrected chi connectivity index (χ2v) is 7.85. The van der Waals surface area contributed by atoms with Crippen LogP contribution in [-0.4, -0.2) is 36.2 Å². The highest BCUT2D eigenvalue weighted by atomic mass is 35.5. The molecule has 158 valence electrons. The Morgan fingerprint density at radius 1 is 1.17 bits per heavy atom. The zero-order chi connectivity index (χ0) is 21.1. The molecule has 7 heteroatoms. The third-order valence-electron chi connectivity index (χ3n) is 5.32. The molecule has 0 bridgehead atoms. The van der Waals surface area contributed by atoms with Crippen molar-refractivity contribution in [3.63, 3.8) is 0 Å². The van der Waals surface area contributed by atoms with Gasteiger partial charge in [-0.05, 0) is 62.2 Å². The van der Waals surface area contributed by atoms with Crippen LogP contribution in [0.4, 0.5) is 4.39 Å². The Balaban J connectivity index is 1.36. The highest BCUT2D eigenvalue weighted by molar-refractivity contribution is 6.30. The van der Waals surface area contributed by atoms with Crippen LogP contribution in [0.3, 0.4) is 0 Å². The average Bonchev–Trinajstić information content (AvgIpc) is 3.11. The lowest BCUT2D eigenvalue weighted by molar-refractivity contribution is 0.0960. The molecular formula is C23H24ClFN2O3. The summed E-state index contributed by atoms with van der Waals surface area (Å²) in [6.07, 6.45) is 2.09. The van der Waals surface area contributed by atoms with Gasteiger partial charge in [-0.2, -0.15) is 0 Å². The number of halogens is 2. The minimum absolute atomic E-state index is 0.174. The molecule has 0 radical (unpaired) electrons. The Hall–Kier alpha value is -2.57. The maximum absolute atomic E-state index is 13.7. The Morgan fingerprint density at radius 2 is 1.90 bits per heavy atom. The normalized spacial score (nSPS) is 15.3. The number of hydrogen-bond donors (Lipinski definition) is 0. The summed E-state index contributed by atoms with van der Waals surface area (Å²) in [5.41, 5.74) is 1.59. The van der Waals surface area contributed by atoms with Crippen LogP contribution >= 0.6 is 11.6 Å². The second kappa shape index (κ2) is 9.06. The summed E-state index contributed by atoms with van der Waals surface area (Å²) in [6.45, 7) is 4.46. The highest BCUT2D eigenvalue weighted by Gasteiger charge is 2.23. The lowest BCUT2D eigenvalue weighted by Gasteiger charge is -2.31. The lowest BCUT2D eigenvalue weighted by atomic mass is 10.1. The first kappa shape index (κ1) is 20.7. The van der Waals surface area contributed by atoms with E-state index in [2.05, 4.69) is 9.88 Å². The lowest BCUT2D eigenvalue weighted by Crippen LogP contribution is -2.38. The largest absolute Gasteiger partial charge is 0.494 e. The van der Waals surface area contributed by atoms with Gasteiger partial charge in [-0.15, -0.1) is 0 Å². The van der Waals surface area contributed by atoms with E-state index in [1.54, 1.807) is 12.1 Å². The van der Waals surface area contributed by atoms with E-state index in [4.69, 9.17) is 25.5 Å². The molecule has 0 atom stereocenters. The number of nitrogens with zero attached hydrogens (tertiary/aromatic N) is 2. The van der Waals surface area contributed by atoms with Crippen molar-refractivity contribution in [2.24, 2.45) is 0 Å². The number of aromatic nitrogens is 1. The fourth-order valence-electron chi connectivity index (χ4n) is 3.59. The molecule has 0 spiro atoms. The molecule has 5 nitrogen and oxygen atoms in total. The Kier molecular flexibility index (Phi) is 6.25. The van der Waals surface area contributed by atoms with Gasteiger partial charge < -0.3 is 13.9 Å². The van der Waals surface area contributed by atoms with Gasteiger partial charge in [-0.25, -0.2) is 9.37 Å². The predicted octanol–water partition coefficient (Wildman–Crippen LogP) is 5.49. The molecule has 0 unspecified atom stereocenters. The standard InChI is InChI=1S/C23H24ClFN2O3/c1-15-21(26-23(29-15)16-3-8-20(25)22(13-16)28-2)14-27-11-9-19(10-12-27)30-18-6-4-17(24)5-7-18/h3-8,13,19H,9-12,14H2,1-2H3. The molecular weight excluding hydrogens is 407 g/mol. The number of piperidine rings is 1. The summed E-state index contributed by atoms with van der Waals surface area (Å²) in [5, 5.41) is 0.707. The zero-order valence-corrected chi connectivity index (χ0v) is 17.8. The van der Waals surface area contributed by atoms with Gasteiger partial charge in [0, 0.05) is 30.2 Å². The number of ether oxygens (including phenoxy) is 2. The summed E-state index contributed by atoms with van der Waals surface area (Å²) in [7, 11) is 1.44. The molecule has 30 heavy (non-hydrogen) atoms. The van der Waals surface area contributed by atoms with E-state index >= 15 is 0 Å². The number of aryl methyl sites for hydroxylation is 1. The molecule has 0 amide bonds. The van der Waals surface area contributed by atoms with Crippen molar-refractivity contribution in [1.82, 2.24) is 9.88 Å². The van der Waals surface area contributed by atoms with Gasteiger partial charge >= 0.3 is 0 Å². The molecule has 2 aromatic carbocycles. The molecule has 1 aliphatic heterocycles. The molecule has 1 aliphatic rings. The van der Waals surface area contributed by atoms with Crippen molar-refractivity contribution >= 4 is 11.6 Å². The number of rotatable bonds is 6. The summed E-state index contributed by atoms with van der Waals surface area (Å²) >= 11 is 5.93. The fourth-order valence-corrected chi connectivity index (χ4v) is 3.72. The van der Waals surface area contributed by atoms with Crippen molar-refractivity contribution < 1.29 is 18.3 Å². The molecule has 1 saturated heterocycles. The summed E-state index contributed by atoms with van der Waals surface area (Å²) in [4.78, 5) is 6.99. The molecule has 4 rings (SSSR count). The van der Waals surface area contributed by atoms with E-state index < -0.39 is 5.82 Å². The van der Waals surface area contributed by atoms with Crippen molar-refractivity contribution in [1.29, 1.82) is 0 Å². The van der Waals surface area contributed by atoms with Gasteiger partial charge in [0.05, 0.1) is 12.8 Å². The van der Waals surface area contributed by atoms with Gasteiger partial charge in [0.1, 0.15) is 17.6 Å². The first-order chi connectivity index (χ1) is 14.5. The number of oxazole rings is 1. The van der Waals surface area contributed by atoms with Crippen LogP contribution in [0.25, 0.3) is 11.5 Å². The topological polar surface area (TPSA) is 47.7 Å². The molecule has 1 aromatic heterocycles. The van der Waals surface area contributed by atoms with E-state index in [0.29, 0.717) is 23.0 Å².